The molecule has 98 valence electrons. The Hall–Kier alpha value is -0.570. The fourth-order valence-corrected chi connectivity index (χ4v) is 3.53. The predicted octanol–water partition coefficient (Wildman–Crippen LogP) is 2.21. The summed E-state index contributed by atoms with van der Waals surface area (Å²) in [7, 11) is 0. The van der Waals surface area contributed by atoms with Gasteiger partial charge in [0.25, 0.3) is 0 Å². The molecule has 2 rings (SSSR count). The van der Waals surface area contributed by atoms with Gasteiger partial charge < -0.3 is 10.1 Å². The highest BCUT2D eigenvalue weighted by atomic mass is 16.5. The second-order valence-corrected chi connectivity index (χ2v) is 5.94. The normalized spacial score (nSPS) is 35.5. The van der Waals surface area contributed by atoms with E-state index in [1.54, 1.807) is 0 Å². The summed E-state index contributed by atoms with van der Waals surface area (Å²) in [5.41, 5.74) is 0. The van der Waals surface area contributed by atoms with Crippen LogP contribution in [-0.4, -0.2) is 25.2 Å². The lowest BCUT2D eigenvalue weighted by Gasteiger charge is -2.30. The highest BCUT2D eigenvalue weighted by molar-refractivity contribution is 5.74. The summed E-state index contributed by atoms with van der Waals surface area (Å²) in [6.45, 7) is 7.81. The molecule has 4 atom stereocenters. The number of hydrogen-bond donors (Lipinski definition) is 1. The smallest absolute Gasteiger partial charge is 0.310 e. The average molecular weight is 239 g/mol. The van der Waals surface area contributed by atoms with Crippen molar-refractivity contribution in [3.05, 3.63) is 0 Å². The van der Waals surface area contributed by atoms with Gasteiger partial charge in [-0.15, -0.1) is 0 Å². The van der Waals surface area contributed by atoms with Gasteiger partial charge in [0.1, 0.15) is 0 Å². The van der Waals surface area contributed by atoms with Crippen LogP contribution in [0.25, 0.3) is 0 Å². The van der Waals surface area contributed by atoms with E-state index in [0.29, 0.717) is 30.4 Å². The van der Waals surface area contributed by atoms with Crippen LogP contribution in [0.3, 0.4) is 0 Å². The Morgan fingerprint density at radius 1 is 1.35 bits per heavy atom. The van der Waals surface area contributed by atoms with Gasteiger partial charge in [-0.05, 0) is 50.5 Å². The first-order valence-corrected chi connectivity index (χ1v) is 7.03. The molecular formula is C14H25NO2. The van der Waals surface area contributed by atoms with E-state index >= 15 is 0 Å². The molecule has 2 aliphatic carbocycles. The molecule has 0 aromatic heterocycles. The molecule has 1 N–H and O–H groups in total. The van der Waals surface area contributed by atoms with Crippen molar-refractivity contribution >= 4 is 5.97 Å². The van der Waals surface area contributed by atoms with Crippen LogP contribution in [0.1, 0.15) is 40.0 Å². The molecule has 0 saturated heterocycles. The Morgan fingerprint density at radius 2 is 2.06 bits per heavy atom. The zero-order valence-corrected chi connectivity index (χ0v) is 11.2. The Kier molecular flexibility index (Phi) is 4.08. The number of nitrogens with one attached hydrogen (secondary N) is 1. The van der Waals surface area contributed by atoms with Crippen molar-refractivity contribution in [2.24, 2.45) is 23.7 Å². The third-order valence-corrected chi connectivity index (χ3v) is 4.24. The molecule has 1 unspecified atom stereocenters. The van der Waals surface area contributed by atoms with Crippen LogP contribution in [-0.2, 0) is 9.53 Å². The summed E-state index contributed by atoms with van der Waals surface area (Å²) >= 11 is 0. The van der Waals surface area contributed by atoms with E-state index in [4.69, 9.17) is 4.74 Å². The monoisotopic (exact) mass is 239 g/mol. The van der Waals surface area contributed by atoms with Gasteiger partial charge in [-0.3, -0.25) is 4.79 Å². The lowest BCUT2D eigenvalue weighted by Crippen LogP contribution is -2.46. The largest absolute Gasteiger partial charge is 0.466 e. The van der Waals surface area contributed by atoms with E-state index in [9.17, 15) is 4.79 Å². The predicted molar refractivity (Wildman–Crippen MR) is 67.6 cm³/mol. The molecule has 2 saturated carbocycles. The first kappa shape index (κ1) is 12.9. The van der Waals surface area contributed by atoms with Gasteiger partial charge in [-0.1, -0.05) is 13.8 Å². The molecular weight excluding hydrogens is 214 g/mol. The zero-order valence-electron chi connectivity index (χ0n) is 11.2. The Labute approximate surface area is 104 Å². The fourth-order valence-electron chi connectivity index (χ4n) is 3.53. The summed E-state index contributed by atoms with van der Waals surface area (Å²) in [6.07, 6.45) is 3.73. The summed E-state index contributed by atoms with van der Waals surface area (Å²) in [5, 5.41) is 3.60. The van der Waals surface area contributed by atoms with Crippen molar-refractivity contribution in [2.75, 3.05) is 13.2 Å². The van der Waals surface area contributed by atoms with Crippen molar-refractivity contribution in [3.63, 3.8) is 0 Å². The molecule has 0 aromatic rings. The van der Waals surface area contributed by atoms with E-state index < -0.39 is 0 Å². The molecule has 3 nitrogen and oxygen atoms in total. The lowest BCUT2D eigenvalue weighted by atomic mass is 9.84. The molecule has 2 bridgehead atoms. The number of carbonyl (C=O) groups excluding carboxylic acids is 1. The van der Waals surface area contributed by atoms with E-state index in [2.05, 4.69) is 19.2 Å². The van der Waals surface area contributed by atoms with E-state index in [1.165, 1.54) is 19.3 Å². The maximum absolute atomic E-state index is 12.0. The molecule has 0 heterocycles. The Morgan fingerprint density at radius 3 is 2.71 bits per heavy atom. The lowest BCUT2D eigenvalue weighted by molar-refractivity contribution is -0.150. The van der Waals surface area contributed by atoms with E-state index in [-0.39, 0.29) is 11.9 Å². The van der Waals surface area contributed by atoms with Gasteiger partial charge >= 0.3 is 5.97 Å². The molecule has 3 heteroatoms. The topological polar surface area (TPSA) is 38.3 Å². The molecule has 0 radical (unpaired) electrons. The summed E-state index contributed by atoms with van der Waals surface area (Å²) < 4.78 is 5.24. The molecule has 0 amide bonds. The van der Waals surface area contributed by atoms with E-state index in [0.717, 1.165) is 6.54 Å². The number of fused-ring (bicyclic) bond motifs is 2. The highest BCUT2D eigenvalue weighted by Crippen LogP contribution is 2.48. The minimum atomic E-state index is 0.0287. The maximum atomic E-state index is 12.0. The maximum Gasteiger partial charge on any atom is 0.310 e. The molecule has 0 aromatic carbocycles. The quantitative estimate of drug-likeness (QED) is 0.748. The third-order valence-electron chi connectivity index (χ3n) is 4.24. The number of rotatable bonds is 5. The summed E-state index contributed by atoms with van der Waals surface area (Å²) in [6, 6.07) is 0.371. The van der Waals surface area contributed by atoms with Gasteiger partial charge in [-0.2, -0.15) is 0 Å². The van der Waals surface area contributed by atoms with Gasteiger partial charge in [0.15, 0.2) is 0 Å². The number of hydrogen-bond acceptors (Lipinski definition) is 3. The molecule has 0 spiro atoms. The second kappa shape index (κ2) is 5.38. The van der Waals surface area contributed by atoms with Crippen molar-refractivity contribution < 1.29 is 9.53 Å². The fraction of sp³-hybridized carbons (Fsp3) is 0.929. The van der Waals surface area contributed by atoms with Crippen molar-refractivity contribution in [1.29, 1.82) is 0 Å². The van der Waals surface area contributed by atoms with Crippen LogP contribution in [0.15, 0.2) is 0 Å². The van der Waals surface area contributed by atoms with Crippen LogP contribution >= 0.6 is 0 Å². The first-order valence-electron chi connectivity index (χ1n) is 7.03. The Bertz CT molecular complexity index is 277. The highest BCUT2D eigenvalue weighted by Gasteiger charge is 2.51. The molecule has 2 aliphatic rings. The SMILES string of the molecule is CCOC(=O)[C@@H]1C2CC[C@H](C2)[C@@H]1NCC(C)C. The molecule has 17 heavy (non-hydrogen) atoms. The van der Waals surface area contributed by atoms with Crippen molar-refractivity contribution in [3.8, 4) is 0 Å². The van der Waals surface area contributed by atoms with Crippen LogP contribution in [0, 0.1) is 23.7 Å². The van der Waals surface area contributed by atoms with Crippen LogP contribution in [0.2, 0.25) is 0 Å². The van der Waals surface area contributed by atoms with Crippen LogP contribution in [0.4, 0.5) is 0 Å². The minimum absolute atomic E-state index is 0.0287. The van der Waals surface area contributed by atoms with Crippen LogP contribution < -0.4 is 5.32 Å². The second-order valence-electron chi connectivity index (χ2n) is 5.94. The molecule has 0 aliphatic heterocycles. The Balaban J connectivity index is 1.98. The van der Waals surface area contributed by atoms with Gasteiger partial charge in [0.2, 0.25) is 0 Å². The van der Waals surface area contributed by atoms with Gasteiger partial charge in [0, 0.05) is 6.04 Å². The van der Waals surface area contributed by atoms with Crippen LogP contribution in [0.5, 0.6) is 0 Å². The molecule has 2 fully saturated rings. The van der Waals surface area contributed by atoms with Crippen molar-refractivity contribution in [1.82, 2.24) is 5.32 Å². The standard InChI is InChI=1S/C14H25NO2/c1-4-17-14(16)12-10-5-6-11(7-10)13(12)15-8-9(2)3/h9-13,15H,4-8H2,1-3H3/t10?,11-,12-,13+/m1/s1. The summed E-state index contributed by atoms with van der Waals surface area (Å²) in [4.78, 5) is 12.0. The van der Waals surface area contributed by atoms with Gasteiger partial charge in [-0.25, -0.2) is 0 Å². The van der Waals surface area contributed by atoms with Gasteiger partial charge in [0.05, 0.1) is 12.5 Å². The number of esters is 1. The van der Waals surface area contributed by atoms with E-state index in [1.807, 2.05) is 6.92 Å². The average Bonchev–Trinajstić information content (AvgIpc) is 2.86. The summed E-state index contributed by atoms with van der Waals surface area (Å²) in [5.74, 6) is 2.06. The third kappa shape index (κ3) is 2.65. The minimum Gasteiger partial charge on any atom is -0.466 e. The first-order chi connectivity index (χ1) is 8.13. The number of carbonyl (C=O) groups is 1. The zero-order chi connectivity index (χ0) is 12.4. The van der Waals surface area contributed by atoms with Crippen molar-refractivity contribution in [2.45, 2.75) is 46.1 Å². The number of ether oxygens (including phenoxy) is 1.